The van der Waals surface area contributed by atoms with Gasteiger partial charge in [0.1, 0.15) is 17.3 Å². The van der Waals surface area contributed by atoms with Crippen LogP contribution in [-0.4, -0.2) is 35.0 Å². The smallest absolute Gasteiger partial charge is 0.301 e. The number of benzene rings is 2. The maximum Gasteiger partial charge on any atom is 0.301 e. The first-order valence-corrected chi connectivity index (χ1v) is 12.6. The van der Waals surface area contributed by atoms with Crippen LogP contribution < -0.4 is 14.4 Å². The number of hydrogen-bond acceptors (Lipinski definition) is 7. The van der Waals surface area contributed by atoms with Gasteiger partial charge >= 0.3 is 5.91 Å². The van der Waals surface area contributed by atoms with Crippen LogP contribution in [0.4, 0.5) is 5.13 Å². The normalized spacial score (nSPS) is 17.1. The fourth-order valence-electron chi connectivity index (χ4n) is 3.87. The largest absolute Gasteiger partial charge is 0.507 e. The van der Waals surface area contributed by atoms with Crippen LogP contribution in [-0.2, 0) is 9.59 Å². The van der Waals surface area contributed by atoms with Gasteiger partial charge in [0.2, 0.25) is 0 Å². The monoisotopic (exact) mass is 492 g/mol. The molecule has 2 heterocycles. The zero-order valence-electron chi connectivity index (χ0n) is 19.8. The quantitative estimate of drug-likeness (QED) is 0.168. The molecule has 2 aromatic carbocycles. The van der Waals surface area contributed by atoms with Gasteiger partial charge in [-0.1, -0.05) is 32.4 Å². The van der Waals surface area contributed by atoms with Gasteiger partial charge in [-0.2, -0.15) is 0 Å². The van der Waals surface area contributed by atoms with Gasteiger partial charge in [0.25, 0.3) is 5.78 Å². The minimum Gasteiger partial charge on any atom is -0.507 e. The van der Waals surface area contributed by atoms with E-state index in [1.54, 1.807) is 35.8 Å². The second kappa shape index (κ2) is 11.2. The van der Waals surface area contributed by atoms with Crippen LogP contribution in [0.5, 0.6) is 11.5 Å². The molecule has 1 N–H and O–H groups in total. The van der Waals surface area contributed by atoms with Gasteiger partial charge in [-0.05, 0) is 54.8 Å². The van der Waals surface area contributed by atoms with E-state index in [0.717, 1.165) is 19.3 Å². The molecule has 1 atom stereocenters. The fourth-order valence-corrected chi connectivity index (χ4v) is 4.54. The first kappa shape index (κ1) is 24.5. The highest BCUT2D eigenvalue weighted by Gasteiger charge is 2.48. The van der Waals surface area contributed by atoms with E-state index in [1.165, 1.54) is 16.2 Å². The minimum atomic E-state index is -0.841. The Morgan fingerprint density at radius 2 is 1.80 bits per heavy atom. The molecule has 1 aromatic heterocycles. The molecular weight excluding hydrogens is 464 g/mol. The van der Waals surface area contributed by atoms with E-state index in [2.05, 4.69) is 11.9 Å². The average molecular weight is 493 g/mol. The third-order valence-electron chi connectivity index (χ3n) is 5.61. The number of unbranched alkanes of at least 4 members (excludes halogenated alkanes) is 1. The summed E-state index contributed by atoms with van der Waals surface area (Å²) >= 11 is 1.25. The van der Waals surface area contributed by atoms with Crippen molar-refractivity contribution in [1.82, 2.24) is 4.98 Å². The predicted octanol–water partition coefficient (Wildman–Crippen LogP) is 5.74. The van der Waals surface area contributed by atoms with E-state index in [9.17, 15) is 14.7 Å². The van der Waals surface area contributed by atoms with Crippen LogP contribution in [0.1, 0.15) is 50.3 Å². The second-order valence-corrected chi connectivity index (χ2v) is 9.00. The first-order valence-electron chi connectivity index (χ1n) is 11.7. The Morgan fingerprint density at radius 1 is 1.03 bits per heavy atom. The molecule has 0 saturated carbocycles. The third kappa shape index (κ3) is 5.22. The summed E-state index contributed by atoms with van der Waals surface area (Å²) < 4.78 is 11.5. The molecule has 1 aliphatic rings. The highest BCUT2D eigenvalue weighted by Crippen LogP contribution is 2.43. The summed E-state index contributed by atoms with van der Waals surface area (Å²) in [6.07, 6.45) is 4.38. The molecule has 0 spiro atoms. The summed E-state index contributed by atoms with van der Waals surface area (Å²) in [5.41, 5.74) is 1.09. The van der Waals surface area contributed by atoms with Gasteiger partial charge in [-0.25, -0.2) is 4.98 Å². The molecule has 7 nitrogen and oxygen atoms in total. The van der Waals surface area contributed by atoms with E-state index in [-0.39, 0.29) is 11.3 Å². The number of ketones is 1. The Morgan fingerprint density at radius 3 is 2.49 bits per heavy atom. The van der Waals surface area contributed by atoms with Crippen molar-refractivity contribution < 1.29 is 24.2 Å². The molecule has 0 radical (unpaired) electrons. The number of ether oxygens (including phenoxy) is 2. The van der Waals surface area contributed by atoms with Gasteiger partial charge in [0.15, 0.2) is 5.13 Å². The molecule has 182 valence electrons. The predicted molar refractivity (Wildman–Crippen MR) is 136 cm³/mol. The zero-order chi connectivity index (χ0) is 24.8. The van der Waals surface area contributed by atoms with Gasteiger partial charge < -0.3 is 14.6 Å². The number of rotatable bonds is 10. The first-order chi connectivity index (χ1) is 17.0. The van der Waals surface area contributed by atoms with E-state index < -0.39 is 17.7 Å². The van der Waals surface area contributed by atoms with Gasteiger partial charge in [-0.15, -0.1) is 11.3 Å². The summed E-state index contributed by atoms with van der Waals surface area (Å²) in [6.45, 7) is 5.26. The Labute approximate surface area is 208 Å². The molecule has 8 heteroatoms. The number of aliphatic hydroxyl groups is 1. The van der Waals surface area contributed by atoms with E-state index >= 15 is 0 Å². The summed E-state index contributed by atoms with van der Waals surface area (Å²) in [6, 6.07) is 13.3. The van der Waals surface area contributed by atoms with Crippen molar-refractivity contribution in [3.8, 4) is 11.5 Å². The fraction of sp³-hybridized carbons (Fsp3) is 0.296. The molecule has 1 unspecified atom stereocenters. The van der Waals surface area contributed by atoms with Crippen LogP contribution in [0.2, 0.25) is 0 Å². The number of aromatic nitrogens is 1. The Balaban J connectivity index is 1.78. The Bertz CT molecular complexity index is 1200. The van der Waals surface area contributed by atoms with Gasteiger partial charge in [0.05, 0.1) is 24.8 Å². The Kier molecular flexibility index (Phi) is 7.82. The summed E-state index contributed by atoms with van der Waals surface area (Å²) in [5, 5.41) is 13.4. The maximum absolute atomic E-state index is 13.2. The molecule has 1 fully saturated rings. The number of anilines is 1. The van der Waals surface area contributed by atoms with Crippen molar-refractivity contribution in [1.29, 1.82) is 0 Å². The molecule has 4 rings (SSSR count). The standard InChI is InChI=1S/C27H28N2O5S/c1-3-5-15-34-21-8-6-7-19(17-21)23-22(25(31)26(32)29(23)27-28-13-16-35-27)24(30)18-9-11-20(12-10-18)33-14-4-2/h6-13,16-17,23,30H,3-5,14-15H2,1-2H3/b24-22+. The number of thiazole rings is 1. The van der Waals surface area contributed by atoms with Crippen molar-refractivity contribution >= 4 is 33.9 Å². The van der Waals surface area contributed by atoms with Crippen LogP contribution in [0.15, 0.2) is 65.7 Å². The van der Waals surface area contributed by atoms with E-state index in [1.807, 2.05) is 31.2 Å². The lowest BCUT2D eigenvalue weighted by atomic mass is 9.95. The van der Waals surface area contributed by atoms with Gasteiger partial charge in [0, 0.05) is 17.1 Å². The van der Waals surface area contributed by atoms with Crippen LogP contribution in [0, 0.1) is 0 Å². The third-order valence-corrected chi connectivity index (χ3v) is 6.38. The number of Topliss-reactive ketones (excluding diaryl/α,β-unsaturated/α-hetero) is 1. The molecular formula is C27H28N2O5S. The lowest BCUT2D eigenvalue weighted by Gasteiger charge is -2.23. The summed E-state index contributed by atoms with van der Waals surface area (Å²) in [4.78, 5) is 32.0. The molecule has 1 amide bonds. The molecule has 0 bridgehead atoms. The number of carbonyl (C=O) groups is 2. The molecule has 3 aromatic rings. The van der Waals surface area contributed by atoms with E-state index in [4.69, 9.17) is 9.47 Å². The van der Waals surface area contributed by atoms with Crippen molar-refractivity contribution in [2.24, 2.45) is 0 Å². The number of nitrogens with zero attached hydrogens (tertiary/aromatic N) is 2. The second-order valence-electron chi connectivity index (χ2n) is 8.13. The van der Waals surface area contributed by atoms with Crippen molar-refractivity contribution in [2.45, 2.75) is 39.2 Å². The van der Waals surface area contributed by atoms with Crippen LogP contribution >= 0.6 is 11.3 Å². The number of aliphatic hydroxyl groups excluding tert-OH is 1. The molecule has 1 aliphatic heterocycles. The van der Waals surface area contributed by atoms with Crippen molar-refractivity contribution in [3.05, 3.63) is 76.8 Å². The highest BCUT2D eigenvalue weighted by atomic mass is 32.1. The molecule has 1 saturated heterocycles. The molecule has 35 heavy (non-hydrogen) atoms. The zero-order valence-corrected chi connectivity index (χ0v) is 20.6. The number of amides is 1. The average Bonchev–Trinajstić information content (AvgIpc) is 3.50. The van der Waals surface area contributed by atoms with Crippen molar-refractivity contribution in [2.75, 3.05) is 18.1 Å². The maximum atomic E-state index is 13.2. The van der Waals surface area contributed by atoms with Crippen LogP contribution in [0.25, 0.3) is 5.76 Å². The lowest BCUT2D eigenvalue weighted by Crippen LogP contribution is -2.29. The van der Waals surface area contributed by atoms with E-state index in [0.29, 0.717) is 41.0 Å². The summed E-state index contributed by atoms with van der Waals surface area (Å²) in [5.74, 6) is -0.428. The number of hydrogen-bond donors (Lipinski definition) is 1. The SMILES string of the molecule is CCCCOc1cccc(C2/C(=C(\O)c3ccc(OCCC)cc3)C(=O)C(=O)N2c2nccs2)c1. The Hall–Kier alpha value is -3.65. The highest BCUT2D eigenvalue weighted by molar-refractivity contribution is 7.14. The summed E-state index contributed by atoms with van der Waals surface area (Å²) in [7, 11) is 0. The number of carbonyl (C=O) groups excluding carboxylic acids is 2. The lowest BCUT2D eigenvalue weighted by molar-refractivity contribution is -0.132. The minimum absolute atomic E-state index is 0.0122. The molecule has 0 aliphatic carbocycles. The topological polar surface area (TPSA) is 89.0 Å². The van der Waals surface area contributed by atoms with Crippen LogP contribution in [0.3, 0.4) is 0 Å². The van der Waals surface area contributed by atoms with Crippen molar-refractivity contribution in [3.63, 3.8) is 0 Å². The van der Waals surface area contributed by atoms with Gasteiger partial charge in [-0.3, -0.25) is 14.5 Å².